The third-order valence-electron chi connectivity index (χ3n) is 2.70. The third kappa shape index (κ3) is 5.67. The molecule has 0 bridgehead atoms. The first-order chi connectivity index (χ1) is 9.93. The molecule has 0 aliphatic heterocycles. The van der Waals surface area contributed by atoms with E-state index in [1.165, 1.54) is 14.2 Å². The number of hydroxylamine groups is 2. The summed E-state index contributed by atoms with van der Waals surface area (Å²) in [5.41, 5.74) is 6.48. The molecule has 0 fully saturated rings. The fraction of sp³-hybridized carbons (Fsp3) is 0.385. The highest BCUT2D eigenvalue weighted by molar-refractivity contribution is 5.80. The second-order valence-corrected chi connectivity index (χ2v) is 4.24. The van der Waals surface area contributed by atoms with Crippen LogP contribution < -0.4 is 15.8 Å². The van der Waals surface area contributed by atoms with E-state index in [0.29, 0.717) is 5.75 Å². The smallest absolute Gasteiger partial charge is 0.404 e. The maximum Gasteiger partial charge on any atom is 0.404 e. The molecule has 0 saturated heterocycles. The summed E-state index contributed by atoms with van der Waals surface area (Å²) in [6.07, 6.45) is -1.08. The van der Waals surface area contributed by atoms with E-state index in [1.54, 1.807) is 24.3 Å². The van der Waals surface area contributed by atoms with Crippen LogP contribution in [0, 0.1) is 0 Å². The van der Waals surface area contributed by atoms with Crippen molar-refractivity contribution in [2.45, 2.75) is 12.6 Å². The molecular formula is C13H19N3O5. The minimum absolute atomic E-state index is 0.0132. The van der Waals surface area contributed by atoms with Gasteiger partial charge in [-0.2, -0.15) is 0 Å². The number of hydrogen-bond donors (Lipinski definition) is 3. The van der Waals surface area contributed by atoms with E-state index in [-0.39, 0.29) is 19.1 Å². The van der Waals surface area contributed by atoms with Crippen molar-refractivity contribution in [2.75, 3.05) is 20.8 Å². The van der Waals surface area contributed by atoms with Crippen molar-refractivity contribution < 1.29 is 24.3 Å². The number of carbonyl (C=O) groups excluding carboxylic acids is 1. The van der Waals surface area contributed by atoms with Gasteiger partial charge in [0.1, 0.15) is 18.4 Å². The lowest BCUT2D eigenvalue weighted by Gasteiger charge is -2.18. The van der Waals surface area contributed by atoms with Crippen LogP contribution in [-0.4, -0.2) is 49.0 Å². The van der Waals surface area contributed by atoms with E-state index in [2.05, 4.69) is 5.32 Å². The third-order valence-corrected chi connectivity index (χ3v) is 2.70. The molecule has 1 atom stereocenters. The first kappa shape index (κ1) is 16.7. The maximum atomic E-state index is 11.6. The number of carbonyl (C=O) groups is 2. The summed E-state index contributed by atoms with van der Waals surface area (Å²) in [4.78, 5) is 26.7. The minimum atomic E-state index is -1.08. The van der Waals surface area contributed by atoms with Crippen LogP contribution in [-0.2, 0) is 16.2 Å². The standard InChI is InChI=1S/C13H19N3O5/c1-16(20-2)12(17)11(14)8-21-10-5-3-9(4-6-10)7-15-13(18)19/h3-6,11,15H,7-8,14H2,1-2H3,(H,18,19)/t11-/m0/s1. The zero-order chi connectivity index (χ0) is 15.8. The van der Waals surface area contributed by atoms with Crippen LogP contribution >= 0.6 is 0 Å². The van der Waals surface area contributed by atoms with Crippen molar-refractivity contribution in [2.24, 2.45) is 5.73 Å². The Labute approximate surface area is 122 Å². The number of ether oxygens (including phenoxy) is 1. The molecule has 0 heterocycles. The molecule has 2 amide bonds. The molecule has 8 heteroatoms. The second-order valence-electron chi connectivity index (χ2n) is 4.24. The van der Waals surface area contributed by atoms with Crippen molar-refractivity contribution in [1.29, 1.82) is 0 Å². The summed E-state index contributed by atoms with van der Waals surface area (Å²) in [6.45, 7) is 0.228. The van der Waals surface area contributed by atoms with Gasteiger partial charge in [-0.1, -0.05) is 12.1 Å². The predicted molar refractivity (Wildman–Crippen MR) is 74.6 cm³/mol. The summed E-state index contributed by atoms with van der Waals surface area (Å²) in [5, 5.41) is 11.8. The van der Waals surface area contributed by atoms with E-state index in [0.717, 1.165) is 10.6 Å². The Kier molecular flexibility index (Phi) is 6.44. The summed E-state index contributed by atoms with van der Waals surface area (Å²) >= 11 is 0. The molecule has 0 aromatic heterocycles. The fourth-order valence-corrected chi connectivity index (χ4v) is 1.46. The normalized spacial score (nSPS) is 11.6. The number of benzene rings is 1. The topological polar surface area (TPSA) is 114 Å². The molecule has 0 aliphatic carbocycles. The lowest BCUT2D eigenvalue weighted by molar-refractivity contribution is -0.170. The van der Waals surface area contributed by atoms with Crippen LogP contribution in [0.2, 0.25) is 0 Å². The Morgan fingerprint density at radius 1 is 1.38 bits per heavy atom. The monoisotopic (exact) mass is 297 g/mol. The van der Waals surface area contributed by atoms with Crippen molar-refractivity contribution >= 4 is 12.0 Å². The Bertz CT molecular complexity index is 477. The van der Waals surface area contributed by atoms with Crippen LogP contribution in [0.25, 0.3) is 0 Å². The average molecular weight is 297 g/mol. The second kappa shape index (κ2) is 8.08. The van der Waals surface area contributed by atoms with Crippen molar-refractivity contribution in [3.8, 4) is 5.75 Å². The van der Waals surface area contributed by atoms with Gasteiger partial charge in [-0.05, 0) is 17.7 Å². The zero-order valence-electron chi connectivity index (χ0n) is 11.9. The van der Waals surface area contributed by atoms with Crippen LogP contribution in [0.5, 0.6) is 5.75 Å². The van der Waals surface area contributed by atoms with Gasteiger partial charge in [-0.15, -0.1) is 0 Å². The van der Waals surface area contributed by atoms with E-state index in [9.17, 15) is 9.59 Å². The predicted octanol–water partition coefficient (Wildman–Crippen LogP) is 0.180. The van der Waals surface area contributed by atoms with E-state index in [4.69, 9.17) is 20.4 Å². The van der Waals surface area contributed by atoms with E-state index < -0.39 is 12.1 Å². The highest BCUT2D eigenvalue weighted by Crippen LogP contribution is 2.12. The number of hydrogen-bond acceptors (Lipinski definition) is 5. The lowest BCUT2D eigenvalue weighted by Crippen LogP contribution is -2.44. The zero-order valence-corrected chi connectivity index (χ0v) is 11.9. The largest absolute Gasteiger partial charge is 0.491 e. The van der Waals surface area contributed by atoms with Gasteiger partial charge in [0.2, 0.25) is 0 Å². The summed E-state index contributed by atoms with van der Waals surface area (Å²) < 4.78 is 5.40. The average Bonchev–Trinajstić information content (AvgIpc) is 2.49. The van der Waals surface area contributed by atoms with Gasteiger partial charge in [-0.25, -0.2) is 9.86 Å². The SMILES string of the molecule is CON(C)C(=O)[C@@H](N)COc1ccc(CNC(=O)O)cc1. The van der Waals surface area contributed by atoms with Crippen LogP contribution in [0.3, 0.4) is 0 Å². The van der Waals surface area contributed by atoms with Gasteiger partial charge < -0.3 is 20.9 Å². The number of rotatable bonds is 7. The van der Waals surface area contributed by atoms with Crippen LogP contribution in [0.1, 0.15) is 5.56 Å². The molecule has 0 saturated carbocycles. The first-order valence-electron chi connectivity index (χ1n) is 6.20. The van der Waals surface area contributed by atoms with Crippen LogP contribution in [0.15, 0.2) is 24.3 Å². The highest BCUT2D eigenvalue weighted by atomic mass is 16.7. The maximum absolute atomic E-state index is 11.6. The van der Waals surface area contributed by atoms with Crippen LogP contribution in [0.4, 0.5) is 4.79 Å². The molecule has 1 aromatic carbocycles. The summed E-state index contributed by atoms with van der Waals surface area (Å²) in [7, 11) is 2.84. The number of nitrogens with zero attached hydrogens (tertiary/aromatic N) is 1. The Balaban J connectivity index is 2.45. The van der Waals surface area contributed by atoms with Crippen molar-refractivity contribution in [3.63, 3.8) is 0 Å². The number of amides is 2. The molecule has 1 aromatic rings. The minimum Gasteiger partial charge on any atom is -0.491 e. The number of carboxylic acid groups (broad SMARTS) is 1. The summed E-state index contributed by atoms with van der Waals surface area (Å²) in [6, 6.07) is 5.97. The van der Waals surface area contributed by atoms with Gasteiger partial charge in [0.25, 0.3) is 5.91 Å². The first-order valence-corrected chi connectivity index (χ1v) is 6.20. The van der Waals surface area contributed by atoms with Gasteiger partial charge in [0, 0.05) is 13.6 Å². The van der Waals surface area contributed by atoms with Crippen molar-refractivity contribution in [3.05, 3.63) is 29.8 Å². The molecule has 0 unspecified atom stereocenters. The number of nitrogens with one attached hydrogen (secondary N) is 1. The molecule has 0 radical (unpaired) electrons. The summed E-state index contributed by atoms with van der Waals surface area (Å²) in [5.74, 6) is 0.150. The van der Waals surface area contributed by atoms with Gasteiger partial charge >= 0.3 is 6.09 Å². The highest BCUT2D eigenvalue weighted by Gasteiger charge is 2.18. The fourth-order valence-electron chi connectivity index (χ4n) is 1.46. The molecule has 116 valence electrons. The Hall–Kier alpha value is -2.32. The molecule has 0 aliphatic rings. The number of nitrogens with two attached hydrogens (primary N) is 1. The molecule has 21 heavy (non-hydrogen) atoms. The lowest BCUT2D eigenvalue weighted by atomic mass is 10.2. The quantitative estimate of drug-likeness (QED) is 0.619. The molecule has 1 rings (SSSR count). The Morgan fingerprint density at radius 2 is 2.00 bits per heavy atom. The number of likely N-dealkylation sites (N-methyl/N-ethyl adjacent to an activating group) is 1. The molecule has 4 N–H and O–H groups in total. The van der Waals surface area contributed by atoms with E-state index in [1.807, 2.05) is 0 Å². The van der Waals surface area contributed by atoms with E-state index >= 15 is 0 Å². The van der Waals surface area contributed by atoms with Gasteiger partial charge in [0.15, 0.2) is 0 Å². The van der Waals surface area contributed by atoms with Crippen molar-refractivity contribution in [1.82, 2.24) is 10.4 Å². The Morgan fingerprint density at radius 3 is 2.52 bits per heavy atom. The van der Waals surface area contributed by atoms with Gasteiger partial charge in [0.05, 0.1) is 7.11 Å². The van der Waals surface area contributed by atoms with Gasteiger partial charge in [-0.3, -0.25) is 9.63 Å². The molecular weight excluding hydrogens is 278 g/mol. The molecule has 0 spiro atoms. The molecule has 8 nitrogen and oxygen atoms in total.